The molecule has 1 aromatic rings. The molecule has 1 atom stereocenters. The summed E-state index contributed by atoms with van der Waals surface area (Å²) in [5, 5.41) is 3.06. The van der Waals surface area contributed by atoms with Crippen LogP contribution in [0.15, 0.2) is 18.2 Å². The Morgan fingerprint density at radius 1 is 1.30 bits per heavy atom. The lowest BCUT2D eigenvalue weighted by atomic mass is 10.1. The van der Waals surface area contributed by atoms with E-state index in [-0.39, 0.29) is 11.8 Å². The van der Waals surface area contributed by atoms with Crippen LogP contribution < -0.4 is 10.1 Å². The first-order valence-corrected chi connectivity index (χ1v) is 6.13. The van der Waals surface area contributed by atoms with Gasteiger partial charge in [-0.25, -0.2) is 4.39 Å². The fourth-order valence-electron chi connectivity index (χ4n) is 1.63. The molecule has 1 aromatic carbocycles. The van der Waals surface area contributed by atoms with Gasteiger partial charge in [0.05, 0.1) is 0 Å². The lowest BCUT2D eigenvalue weighted by Crippen LogP contribution is -2.19. The van der Waals surface area contributed by atoms with Gasteiger partial charge in [0.2, 0.25) is 0 Å². The minimum atomic E-state index is -4.40. The number of hydrogen-bond donors (Lipinski definition) is 1. The van der Waals surface area contributed by atoms with E-state index in [9.17, 15) is 17.6 Å². The van der Waals surface area contributed by atoms with Crippen LogP contribution in [0, 0.1) is 5.82 Å². The van der Waals surface area contributed by atoms with E-state index in [0.717, 1.165) is 6.07 Å². The van der Waals surface area contributed by atoms with Crippen LogP contribution in [0.3, 0.4) is 0 Å². The zero-order chi connectivity index (χ0) is 15.2. The lowest BCUT2D eigenvalue weighted by molar-refractivity contribution is -0.186. The fourth-order valence-corrected chi connectivity index (χ4v) is 1.63. The van der Waals surface area contributed by atoms with E-state index in [1.165, 1.54) is 12.1 Å². The zero-order valence-electron chi connectivity index (χ0n) is 11.3. The average Bonchev–Trinajstić information content (AvgIpc) is 2.34. The van der Waals surface area contributed by atoms with Crippen LogP contribution in [0.5, 0.6) is 5.75 Å². The smallest absolute Gasteiger partial charge is 0.411 e. The summed E-state index contributed by atoms with van der Waals surface area (Å²) >= 11 is 0. The van der Waals surface area contributed by atoms with Crippen molar-refractivity contribution >= 4 is 0 Å². The summed E-state index contributed by atoms with van der Waals surface area (Å²) in [5.74, 6) is -0.358. The van der Waals surface area contributed by atoms with Crippen molar-refractivity contribution in [3.63, 3.8) is 0 Å². The maximum absolute atomic E-state index is 13.8. The second kappa shape index (κ2) is 7.44. The Kier molecular flexibility index (Phi) is 6.22. The Morgan fingerprint density at radius 2 is 2.00 bits per heavy atom. The molecule has 1 N–H and O–H groups in total. The number of rotatable bonds is 7. The van der Waals surface area contributed by atoms with Crippen molar-refractivity contribution in [1.29, 1.82) is 0 Å². The van der Waals surface area contributed by atoms with Crippen molar-refractivity contribution in [1.82, 2.24) is 5.32 Å². The summed E-state index contributed by atoms with van der Waals surface area (Å²) in [4.78, 5) is 0. The van der Waals surface area contributed by atoms with E-state index >= 15 is 0 Å². The Labute approximate surface area is 114 Å². The van der Waals surface area contributed by atoms with Gasteiger partial charge in [-0.3, -0.25) is 0 Å². The van der Waals surface area contributed by atoms with Gasteiger partial charge in [0.15, 0.2) is 6.79 Å². The van der Waals surface area contributed by atoms with Crippen molar-refractivity contribution in [2.45, 2.75) is 26.1 Å². The molecule has 0 heterocycles. The molecule has 114 valence electrons. The van der Waals surface area contributed by atoms with Crippen molar-refractivity contribution in [2.24, 2.45) is 0 Å². The van der Waals surface area contributed by atoms with Gasteiger partial charge >= 0.3 is 6.18 Å². The predicted octanol–water partition coefficient (Wildman–Crippen LogP) is 3.41. The van der Waals surface area contributed by atoms with E-state index in [2.05, 4.69) is 10.1 Å². The second-order valence-corrected chi connectivity index (χ2v) is 4.19. The molecule has 0 saturated carbocycles. The van der Waals surface area contributed by atoms with Gasteiger partial charge < -0.3 is 14.8 Å². The maximum Gasteiger partial charge on any atom is 0.411 e. The third-order valence-electron chi connectivity index (χ3n) is 2.52. The predicted molar refractivity (Wildman–Crippen MR) is 66.0 cm³/mol. The SMILES string of the molecule is CCNC(C)c1ccc(OCOCC(F)(F)F)cc1F. The molecule has 0 aliphatic carbocycles. The third kappa shape index (κ3) is 5.75. The largest absolute Gasteiger partial charge is 0.467 e. The van der Waals surface area contributed by atoms with E-state index in [4.69, 9.17) is 4.74 Å². The minimum absolute atomic E-state index is 0.122. The van der Waals surface area contributed by atoms with Crippen molar-refractivity contribution in [3.8, 4) is 5.75 Å². The highest BCUT2D eigenvalue weighted by Crippen LogP contribution is 2.22. The standard InChI is InChI=1S/C13H17F4NO2/c1-3-18-9(2)11-5-4-10(6-12(11)14)20-8-19-7-13(15,16)17/h4-6,9,18H,3,7-8H2,1-2H3. The second-order valence-electron chi connectivity index (χ2n) is 4.19. The Bertz CT molecular complexity index is 423. The molecule has 0 fully saturated rings. The van der Waals surface area contributed by atoms with Gasteiger partial charge in [-0.1, -0.05) is 13.0 Å². The first-order chi connectivity index (χ1) is 9.33. The van der Waals surface area contributed by atoms with Crippen molar-refractivity contribution in [2.75, 3.05) is 19.9 Å². The molecule has 0 aromatic heterocycles. The van der Waals surface area contributed by atoms with Crippen LogP contribution in [0.4, 0.5) is 17.6 Å². The number of ether oxygens (including phenoxy) is 2. The van der Waals surface area contributed by atoms with Crippen LogP contribution >= 0.6 is 0 Å². The summed E-state index contributed by atoms with van der Waals surface area (Å²) < 4.78 is 58.4. The fraction of sp³-hybridized carbons (Fsp3) is 0.538. The molecule has 0 aliphatic heterocycles. The quantitative estimate of drug-likeness (QED) is 0.475. The minimum Gasteiger partial charge on any atom is -0.467 e. The van der Waals surface area contributed by atoms with Gasteiger partial charge in [0.1, 0.15) is 18.2 Å². The molecule has 7 heteroatoms. The van der Waals surface area contributed by atoms with Gasteiger partial charge in [0.25, 0.3) is 0 Å². The summed E-state index contributed by atoms with van der Waals surface area (Å²) in [6.07, 6.45) is -4.40. The van der Waals surface area contributed by atoms with E-state index < -0.39 is 25.4 Å². The molecule has 0 bridgehead atoms. The normalized spacial score (nSPS) is 13.3. The molecule has 0 aliphatic rings. The summed E-state index contributed by atoms with van der Waals surface area (Å²) in [6, 6.07) is 3.99. The molecular formula is C13H17F4NO2. The van der Waals surface area contributed by atoms with Crippen LogP contribution in [-0.4, -0.2) is 26.1 Å². The Morgan fingerprint density at radius 3 is 2.55 bits per heavy atom. The molecule has 1 rings (SSSR count). The number of nitrogens with one attached hydrogen (secondary N) is 1. The summed E-state index contributed by atoms with van der Waals surface area (Å²) in [7, 11) is 0. The first kappa shape index (κ1) is 16.7. The molecule has 0 saturated heterocycles. The molecule has 20 heavy (non-hydrogen) atoms. The summed E-state index contributed by atoms with van der Waals surface area (Å²) in [6.45, 7) is 2.44. The number of halogens is 4. The molecule has 3 nitrogen and oxygen atoms in total. The van der Waals surface area contributed by atoms with Crippen LogP contribution in [-0.2, 0) is 4.74 Å². The van der Waals surface area contributed by atoms with Crippen molar-refractivity contribution in [3.05, 3.63) is 29.6 Å². The Hall–Kier alpha value is -1.34. The van der Waals surface area contributed by atoms with Gasteiger partial charge in [-0.2, -0.15) is 13.2 Å². The lowest BCUT2D eigenvalue weighted by Gasteiger charge is -2.15. The van der Waals surface area contributed by atoms with E-state index in [1.807, 2.05) is 13.8 Å². The van der Waals surface area contributed by atoms with Crippen LogP contribution in [0.2, 0.25) is 0 Å². The van der Waals surface area contributed by atoms with Crippen molar-refractivity contribution < 1.29 is 27.0 Å². The van der Waals surface area contributed by atoms with E-state index in [1.54, 1.807) is 0 Å². The molecule has 0 spiro atoms. The number of hydrogen-bond acceptors (Lipinski definition) is 3. The molecule has 1 unspecified atom stereocenters. The monoisotopic (exact) mass is 295 g/mol. The summed E-state index contributed by atoms with van der Waals surface area (Å²) in [5.41, 5.74) is 0.468. The maximum atomic E-state index is 13.8. The highest BCUT2D eigenvalue weighted by Gasteiger charge is 2.27. The highest BCUT2D eigenvalue weighted by atomic mass is 19.4. The zero-order valence-corrected chi connectivity index (χ0v) is 11.3. The number of benzene rings is 1. The molecule has 0 amide bonds. The Balaban J connectivity index is 2.51. The number of alkyl halides is 3. The van der Waals surface area contributed by atoms with Gasteiger partial charge in [0, 0.05) is 17.7 Å². The van der Waals surface area contributed by atoms with Crippen LogP contribution in [0.1, 0.15) is 25.5 Å². The van der Waals surface area contributed by atoms with Crippen LogP contribution in [0.25, 0.3) is 0 Å². The molecular weight excluding hydrogens is 278 g/mol. The van der Waals surface area contributed by atoms with Gasteiger partial charge in [-0.05, 0) is 19.5 Å². The first-order valence-electron chi connectivity index (χ1n) is 6.13. The topological polar surface area (TPSA) is 30.5 Å². The molecule has 0 radical (unpaired) electrons. The highest BCUT2D eigenvalue weighted by molar-refractivity contribution is 5.30. The average molecular weight is 295 g/mol. The van der Waals surface area contributed by atoms with E-state index in [0.29, 0.717) is 12.1 Å². The van der Waals surface area contributed by atoms with Gasteiger partial charge in [-0.15, -0.1) is 0 Å². The third-order valence-corrected chi connectivity index (χ3v) is 2.52.